The summed E-state index contributed by atoms with van der Waals surface area (Å²) in [5.41, 5.74) is 2.64. The van der Waals surface area contributed by atoms with Gasteiger partial charge >= 0.3 is 0 Å². The number of carbonyl (C=O) groups excluding carboxylic acids is 1. The number of carbonyl (C=O) groups is 1. The molecule has 26 heavy (non-hydrogen) atoms. The number of piperidine rings is 1. The predicted molar refractivity (Wildman–Crippen MR) is 93.3 cm³/mol. The largest absolute Gasteiger partial charge is 0.350 e. The second kappa shape index (κ2) is 6.89. The lowest BCUT2D eigenvalue weighted by Gasteiger charge is -2.34. The maximum Gasteiger partial charge on any atom is 0.256 e. The Bertz CT molecular complexity index is 844. The first kappa shape index (κ1) is 17.3. The molecule has 2 fully saturated rings. The van der Waals surface area contributed by atoms with Gasteiger partial charge in [0.25, 0.3) is 5.91 Å². The van der Waals surface area contributed by atoms with Gasteiger partial charge in [0.15, 0.2) is 6.29 Å². The lowest BCUT2D eigenvalue weighted by Crippen LogP contribution is -2.41. The van der Waals surface area contributed by atoms with Crippen LogP contribution in [0.5, 0.6) is 0 Å². The molecule has 1 amide bonds. The van der Waals surface area contributed by atoms with Crippen LogP contribution in [0.25, 0.3) is 11.0 Å². The van der Waals surface area contributed by atoms with E-state index in [4.69, 9.17) is 9.47 Å². The average Bonchev–Trinajstić information content (AvgIpc) is 3.17. The average molecular weight is 359 g/mol. The van der Waals surface area contributed by atoms with Gasteiger partial charge in [0.2, 0.25) is 0 Å². The molecule has 0 unspecified atom stereocenters. The van der Waals surface area contributed by atoms with Crippen molar-refractivity contribution in [1.29, 1.82) is 0 Å². The van der Waals surface area contributed by atoms with Crippen molar-refractivity contribution < 1.29 is 18.7 Å². The summed E-state index contributed by atoms with van der Waals surface area (Å²) in [5, 5.41) is 0. The van der Waals surface area contributed by atoms with Crippen LogP contribution in [-0.4, -0.2) is 53.4 Å². The van der Waals surface area contributed by atoms with Crippen molar-refractivity contribution in [3.63, 3.8) is 0 Å². The highest BCUT2D eigenvalue weighted by Gasteiger charge is 2.32. The number of amides is 1. The lowest BCUT2D eigenvalue weighted by atomic mass is 9.95. The van der Waals surface area contributed by atoms with Crippen molar-refractivity contribution in [2.45, 2.75) is 33.0 Å². The van der Waals surface area contributed by atoms with E-state index < -0.39 is 5.82 Å². The van der Waals surface area contributed by atoms with Crippen molar-refractivity contribution in [3.8, 4) is 0 Å². The molecule has 4 rings (SSSR count). The number of halogens is 1. The quantitative estimate of drug-likeness (QED) is 0.825. The fraction of sp³-hybridized carbons (Fsp3) is 0.526. The Kier molecular flexibility index (Phi) is 4.58. The highest BCUT2D eigenvalue weighted by atomic mass is 19.1. The van der Waals surface area contributed by atoms with Gasteiger partial charge in [-0.05, 0) is 32.8 Å². The van der Waals surface area contributed by atoms with Gasteiger partial charge in [0.05, 0.1) is 35.7 Å². The highest BCUT2D eigenvalue weighted by molar-refractivity contribution is 6.04. The molecule has 3 heterocycles. The van der Waals surface area contributed by atoms with E-state index in [2.05, 4.69) is 9.97 Å². The van der Waals surface area contributed by atoms with E-state index in [0.717, 1.165) is 24.2 Å². The molecule has 0 radical (unpaired) electrons. The third-order valence-electron chi connectivity index (χ3n) is 5.24. The molecule has 0 N–H and O–H groups in total. The number of benzene rings is 1. The molecule has 1 aromatic carbocycles. The first-order chi connectivity index (χ1) is 12.5. The number of aryl methyl sites for hydroxylation is 2. The minimum absolute atomic E-state index is 0.154. The van der Waals surface area contributed by atoms with Crippen LogP contribution >= 0.6 is 0 Å². The van der Waals surface area contributed by atoms with Crippen molar-refractivity contribution in [3.05, 3.63) is 34.9 Å². The first-order valence-corrected chi connectivity index (χ1v) is 9.00. The van der Waals surface area contributed by atoms with Gasteiger partial charge in [-0.1, -0.05) is 0 Å². The summed E-state index contributed by atoms with van der Waals surface area (Å²) in [7, 11) is 0. The number of rotatable bonds is 2. The number of hydrogen-bond acceptors (Lipinski definition) is 5. The Hall–Kier alpha value is -2.12. The predicted octanol–water partition coefficient (Wildman–Crippen LogP) is 2.61. The topological polar surface area (TPSA) is 64.6 Å². The molecule has 138 valence electrons. The van der Waals surface area contributed by atoms with Crippen LogP contribution < -0.4 is 0 Å². The standard InChI is InChI=1S/C19H22FN3O3/c1-11-12(2)22-17-15(9-14(20)10-16(17)21-11)18(24)23-5-3-13(4-6-23)19-25-7-8-26-19/h9-10,13,19H,3-8H2,1-2H3. The summed E-state index contributed by atoms with van der Waals surface area (Å²) in [5.74, 6) is -0.365. The summed E-state index contributed by atoms with van der Waals surface area (Å²) >= 11 is 0. The van der Waals surface area contributed by atoms with Gasteiger partial charge in [-0.2, -0.15) is 0 Å². The molecule has 2 saturated heterocycles. The molecule has 0 bridgehead atoms. The molecule has 2 aliphatic heterocycles. The SMILES string of the molecule is Cc1nc2cc(F)cc(C(=O)N3CCC(C4OCCO4)CC3)c2nc1C. The van der Waals surface area contributed by atoms with E-state index in [9.17, 15) is 9.18 Å². The summed E-state index contributed by atoms with van der Waals surface area (Å²) < 4.78 is 25.2. The van der Waals surface area contributed by atoms with Gasteiger partial charge in [0, 0.05) is 25.1 Å². The second-order valence-electron chi connectivity index (χ2n) is 6.96. The maximum atomic E-state index is 14.1. The molecule has 2 aliphatic rings. The van der Waals surface area contributed by atoms with E-state index >= 15 is 0 Å². The first-order valence-electron chi connectivity index (χ1n) is 9.00. The minimum atomic E-state index is -0.471. The molecule has 0 spiro atoms. The number of aromatic nitrogens is 2. The van der Waals surface area contributed by atoms with E-state index in [-0.39, 0.29) is 17.8 Å². The Labute approximate surface area is 151 Å². The van der Waals surface area contributed by atoms with E-state index in [1.165, 1.54) is 12.1 Å². The van der Waals surface area contributed by atoms with Gasteiger partial charge in [-0.3, -0.25) is 4.79 Å². The van der Waals surface area contributed by atoms with E-state index in [1.54, 1.807) is 4.90 Å². The van der Waals surface area contributed by atoms with Gasteiger partial charge in [0.1, 0.15) is 11.3 Å². The molecule has 0 atom stereocenters. The van der Waals surface area contributed by atoms with Crippen LogP contribution in [0.4, 0.5) is 4.39 Å². The zero-order valence-electron chi connectivity index (χ0n) is 15.0. The molecule has 7 heteroatoms. The van der Waals surface area contributed by atoms with Crippen molar-refractivity contribution in [2.24, 2.45) is 5.92 Å². The van der Waals surface area contributed by atoms with Crippen molar-refractivity contribution >= 4 is 16.9 Å². The van der Waals surface area contributed by atoms with Crippen LogP contribution in [0.3, 0.4) is 0 Å². The number of ether oxygens (including phenoxy) is 2. The lowest BCUT2D eigenvalue weighted by molar-refractivity contribution is -0.0956. The van der Waals surface area contributed by atoms with Crippen LogP contribution in [-0.2, 0) is 9.47 Å². The zero-order chi connectivity index (χ0) is 18.3. The van der Waals surface area contributed by atoms with Crippen LogP contribution in [0.2, 0.25) is 0 Å². The molecular formula is C19H22FN3O3. The maximum absolute atomic E-state index is 14.1. The van der Waals surface area contributed by atoms with Crippen molar-refractivity contribution in [2.75, 3.05) is 26.3 Å². The summed E-state index contributed by atoms with van der Waals surface area (Å²) in [6.45, 7) is 6.14. The minimum Gasteiger partial charge on any atom is -0.350 e. The highest BCUT2D eigenvalue weighted by Crippen LogP contribution is 2.28. The van der Waals surface area contributed by atoms with Crippen LogP contribution in [0.1, 0.15) is 34.6 Å². The third-order valence-corrected chi connectivity index (χ3v) is 5.24. The molecule has 2 aromatic rings. The summed E-state index contributed by atoms with van der Waals surface area (Å²) in [6.07, 6.45) is 1.47. The smallest absolute Gasteiger partial charge is 0.256 e. The Balaban J connectivity index is 1.57. The second-order valence-corrected chi connectivity index (χ2v) is 6.96. The summed E-state index contributed by atoms with van der Waals surface area (Å²) in [4.78, 5) is 23.7. The molecule has 1 aromatic heterocycles. The monoisotopic (exact) mass is 359 g/mol. The molecule has 0 aliphatic carbocycles. The third kappa shape index (κ3) is 3.17. The number of hydrogen-bond donors (Lipinski definition) is 0. The Morgan fingerprint density at radius 3 is 2.46 bits per heavy atom. The normalized spacial score (nSPS) is 19.4. The van der Waals surface area contributed by atoms with Crippen LogP contribution in [0.15, 0.2) is 12.1 Å². The van der Waals surface area contributed by atoms with E-state index in [0.29, 0.717) is 43.3 Å². The van der Waals surface area contributed by atoms with Crippen molar-refractivity contribution in [1.82, 2.24) is 14.9 Å². The number of fused-ring (bicyclic) bond motifs is 1. The fourth-order valence-corrected chi connectivity index (χ4v) is 3.65. The number of nitrogens with zero attached hydrogens (tertiary/aromatic N) is 3. The summed E-state index contributed by atoms with van der Waals surface area (Å²) in [6, 6.07) is 2.59. The van der Waals surface area contributed by atoms with Gasteiger partial charge in [-0.25, -0.2) is 14.4 Å². The molecule has 6 nitrogen and oxygen atoms in total. The zero-order valence-corrected chi connectivity index (χ0v) is 15.0. The molecule has 0 saturated carbocycles. The Morgan fingerprint density at radius 1 is 1.12 bits per heavy atom. The van der Waals surface area contributed by atoms with Crippen LogP contribution in [0, 0.1) is 25.6 Å². The number of likely N-dealkylation sites (tertiary alicyclic amines) is 1. The van der Waals surface area contributed by atoms with Gasteiger partial charge in [-0.15, -0.1) is 0 Å². The molecular weight excluding hydrogens is 337 g/mol. The fourth-order valence-electron chi connectivity index (χ4n) is 3.65. The van der Waals surface area contributed by atoms with E-state index in [1.807, 2.05) is 13.8 Å². The van der Waals surface area contributed by atoms with Gasteiger partial charge < -0.3 is 14.4 Å². The Morgan fingerprint density at radius 2 is 1.77 bits per heavy atom.